The Labute approximate surface area is 112 Å². The molecule has 1 aromatic rings. The highest BCUT2D eigenvalue weighted by Gasteiger charge is 2.54. The summed E-state index contributed by atoms with van der Waals surface area (Å²) in [5.41, 5.74) is 7.74. The number of nitrogens with one attached hydrogen (secondary N) is 1. The van der Waals surface area contributed by atoms with Crippen LogP contribution in [0.25, 0.3) is 0 Å². The molecule has 0 bridgehead atoms. The van der Waals surface area contributed by atoms with Gasteiger partial charge in [0, 0.05) is 5.69 Å². The third-order valence-electron chi connectivity index (χ3n) is 3.76. The number of aryl methyl sites for hydroxylation is 2. The average molecular weight is 261 g/mol. The Morgan fingerprint density at radius 2 is 2.21 bits per heavy atom. The van der Waals surface area contributed by atoms with Crippen LogP contribution in [0.2, 0.25) is 0 Å². The van der Waals surface area contributed by atoms with Crippen molar-refractivity contribution in [1.82, 2.24) is 0 Å². The van der Waals surface area contributed by atoms with Gasteiger partial charge in [0.25, 0.3) is 0 Å². The van der Waals surface area contributed by atoms with Crippen molar-refractivity contribution < 1.29 is 10.0 Å². The first-order valence-electron chi connectivity index (χ1n) is 6.43. The number of anilines is 1. The van der Waals surface area contributed by atoms with E-state index in [0.29, 0.717) is 12.8 Å². The van der Waals surface area contributed by atoms with Crippen molar-refractivity contribution in [2.45, 2.75) is 33.1 Å². The molecule has 0 unspecified atom stereocenters. The summed E-state index contributed by atoms with van der Waals surface area (Å²) < 4.78 is 0. The second-order valence-corrected chi connectivity index (χ2v) is 4.98. The van der Waals surface area contributed by atoms with Gasteiger partial charge in [-0.15, -0.1) is 0 Å². The van der Waals surface area contributed by atoms with Gasteiger partial charge in [0.05, 0.1) is 0 Å². The number of amides is 1. The maximum atomic E-state index is 12.3. The molecule has 0 heterocycles. The minimum absolute atomic E-state index is 0.00312. The van der Waals surface area contributed by atoms with Crippen LogP contribution in [0.5, 0.6) is 0 Å². The van der Waals surface area contributed by atoms with E-state index in [4.69, 9.17) is 10.9 Å². The zero-order chi connectivity index (χ0) is 14.0. The van der Waals surface area contributed by atoms with E-state index in [9.17, 15) is 4.79 Å². The molecular formula is C14H19N3O2. The Hall–Kier alpha value is -2.04. The summed E-state index contributed by atoms with van der Waals surface area (Å²) in [4.78, 5) is 12.3. The van der Waals surface area contributed by atoms with E-state index in [1.54, 1.807) is 0 Å². The summed E-state index contributed by atoms with van der Waals surface area (Å²) in [5, 5.41) is 14.7. The van der Waals surface area contributed by atoms with Crippen LogP contribution in [-0.4, -0.2) is 17.0 Å². The first kappa shape index (κ1) is 13.4. The highest BCUT2D eigenvalue weighted by Crippen LogP contribution is 2.47. The molecule has 1 saturated carbocycles. The van der Waals surface area contributed by atoms with Crippen LogP contribution in [0.15, 0.2) is 23.4 Å². The van der Waals surface area contributed by atoms with Gasteiger partial charge >= 0.3 is 0 Å². The lowest BCUT2D eigenvalue weighted by molar-refractivity contribution is -0.119. The molecule has 1 fully saturated rings. The first-order chi connectivity index (χ1) is 9.05. The number of hydrogen-bond donors (Lipinski definition) is 3. The second-order valence-electron chi connectivity index (χ2n) is 4.98. The molecule has 0 saturated heterocycles. The van der Waals surface area contributed by atoms with Gasteiger partial charge in [-0.2, -0.15) is 0 Å². The molecule has 5 nitrogen and oxygen atoms in total. The molecule has 1 aliphatic rings. The third kappa shape index (κ3) is 2.28. The van der Waals surface area contributed by atoms with Crippen LogP contribution in [0, 0.1) is 12.3 Å². The van der Waals surface area contributed by atoms with E-state index in [1.165, 1.54) is 0 Å². The number of nitrogens with two attached hydrogens (primary N) is 1. The maximum Gasteiger partial charge on any atom is 0.238 e. The van der Waals surface area contributed by atoms with Crippen LogP contribution in [0.1, 0.15) is 30.9 Å². The number of carbonyl (C=O) groups is 1. The number of rotatable bonds is 4. The van der Waals surface area contributed by atoms with Gasteiger partial charge in [-0.05, 0) is 37.3 Å². The quantitative estimate of drug-likeness (QED) is 0.335. The number of para-hydroxylation sites is 1. The molecule has 102 valence electrons. The van der Waals surface area contributed by atoms with Gasteiger partial charge in [0.1, 0.15) is 5.41 Å². The predicted octanol–water partition coefficient (Wildman–Crippen LogP) is 2.02. The van der Waals surface area contributed by atoms with Crippen molar-refractivity contribution in [3.05, 3.63) is 29.3 Å². The van der Waals surface area contributed by atoms with Gasteiger partial charge in [-0.1, -0.05) is 30.3 Å². The highest BCUT2D eigenvalue weighted by atomic mass is 16.4. The number of carbonyl (C=O) groups excluding carboxylic acids is 1. The monoisotopic (exact) mass is 261 g/mol. The Morgan fingerprint density at radius 3 is 2.74 bits per heavy atom. The normalized spacial score (nSPS) is 17.1. The Bertz CT molecular complexity index is 533. The highest BCUT2D eigenvalue weighted by molar-refractivity contribution is 6.14. The van der Waals surface area contributed by atoms with E-state index < -0.39 is 5.41 Å². The van der Waals surface area contributed by atoms with Crippen molar-refractivity contribution in [3.8, 4) is 0 Å². The van der Waals surface area contributed by atoms with E-state index in [0.717, 1.165) is 23.2 Å². The molecule has 1 aromatic carbocycles. The molecule has 19 heavy (non-hydrogen) atoms. The zero-order valence-corrected chi connectivity index (χ0v) is 11.2. The Morgan fingerprint density at radius 1 is 1.53 bits per heavy atom. The van der Waals surface area contributed by atoms with Crippen molar-refractivity contribution in [1.29, 1.82) is 0 Å². The van der Waals surface area contributed by atoms with Gasteiger partial charge in [-0.3, -0.25) is 4.79 Å². The van der Waals surface area contributed by atoms with E-state index in [1.807, 2.05) is 32.0 Å². The molecule has 5 heteroatoms. The van der Waals surface area contributed by atoms with E-state index >= 15 is 0 Å². The summed E-state index contributed by atoms with van der Waals surface area (Å²) in [6.07, 6.45) is 2.10. The second kappa shape index (κ2) is 4.91. The van der Waals surface area contributed by atoms with Crippen LogP contribution in [0.4, 0.5) is 5.69 Å². The third-order valence-corrected chi connectivity index (χ3v) is 3.76. The number of nitrogens with zero attached hydrogens (tertiary/aromatic N) is 1. The molecule has 0 spiro atoms. The smallest absolute Gasteiger partial charge is 0.238 e. The fourth-order valence-corrected chi connectivity index (χ4v) is 2.26. The zero-order valence-electron chi connectivity index (χ0n) is 11.2. The summed E-state index contributed by atoms with van der Waals surface area (Å²) in [7, 11) is 0. The lowest BCUT2D eigenvalue weighted by atomic mass is 10.0. The maximum absolute atomic E-state index is 12.3. The summed E-state index contributed by atoms with van der Waals surface area (Å²) in [6.45, 7) is 4.00. The summed E-state index contributed by atoms with van der Waals surface area (Å²) >= 11 is 0. The Kier molecular flexibility index (Phi) is 3.46. The average Bonchev–Trinajstić information content (AvgIpc) is 3.21. The molecular weight excluding hydrogens is 242 g/mol. The fourth-order valence-electron chi connectivity index (χ4n) is 2.26. The summed E-state index contributed by atoms with van der Waals surface area (Å²) in [6, 6.07) is 5.92. The summed E-state index contributed by atoms with van der Waals surface area (Å²) in [5.74, 6) is -0.191. The molecule has 0 aliphatic heterocycles. The van der Waals surface area contributed by atoms with Gasteiger partial charge in [-0.25, -0.2) is 0 Å². The van der Waals surface area contributed by atoms with Gasteiger partial charge in [0.15, 0.2) is 5.84 Å². The van der Waals surface area contributed by atoms with Crippen LogP contribution < -0.4 is 11.1 Å². The van der Waals surface area contributed by atoms with E-state index in [-0.39, 0.29) is 11.7 Å². The van der Waals surface area contributed by atoms with Gasteiger partial charge < -0.3 is 16.3 Å². The number of benzene rings is 1. The molecule has 1 aliphatic carbocycles. The van der Waals surface area contributed by atoms with Crippen molar-refractivity contribution >= 4 is 17.4 Å². The largest absolute Gasteiger partial charge is 0.409 e. The molecule has 0 atom stereocenters. The minimum Gasteiger partial charge on any atom is -0.409 e. The lowest BCUT2D eigenvalue weighted by Gasteiger charge is -2.17. The van der Waals surface area contributed by atoms with Crippen molar-refractivity contribution in [3.63, 3.8) is 0 Å². The topological polar surface area (TPSA) is 87.7 Å². The minimum atomic E-state index is -0.817. The number of hydrogen-bond acceptors (Lipinski definition) is 3. The van der Waals surface area contributed by atoms with Crippen LogP contribution >= 0.6 is 0 Å². The molecule has 0 radical (unpaired) electrons. The number of amidine groups is 1. The lowest BCUT2D eigenvalue weighted by Crippen LogP contribution is -2.36. The van der Waals surface area contributed by atoms with Crippen LogP contribution in [0.3, 0.4) is 0 Å². The molecule has 0 aromatic heterocycles. The standard InChI is InChI=1S/C14H19N3O2/c1-3-10-6-4-5-9(2)11(10)16-13(18)14(7-8-14)12(15)17-19/h4-6,19H,3,7-8H2,1-2H3,(H2,15,17)(H,16,18). The Balaban J connectivity index is 2.26. The molecule has 4 N–H and O–H groups in total. The van der Waals surface area contributed by atoms with Crippen LogP contribution in [-0.2, 0) is 11.2 Å². The fraction of sp³-hybridized carbons (Fsp3) is 0.429. The van der Waals surface area contributed by atoms with E-state index in [2.05, 4.69) is 10.5 Å². The number of oxime groups is 1. The molecule has 2 rings (SSSR count). The van der Waals surface area contributed by atoms with Gasteiger partial charge in [0.2, 0.25) is 5.91 Å². The first-order valence-corrected chi connectivity index (χ1v) is 6.43. The SMILES string of the molecule is CCc1cccc(C)c1NC(=O)C1(/C(N)=N/O)CC1. The van der Waals surface area contributed by atoms with Crippen molar-refractivity contribution in [2.75, 3.05) is 5.32 Å². The van der Waals surface area contributed by atoms with Crippen molar-refractivity contribution in [2.24, 2.45) is 16.3 Å². The molecule has 1 amide bonds. The predicted molar refractivity (Wildman–Crippen MR) is 74.3 cm³/mol.